The van der Waals surface area contributed by atoms with Crippen molar-refractivity contribution in [3.8, 4) is 0 Å². The maximum atomic E-state index is 11.8. The van der Waals surface area contributed by atoms with Gasteiger partial charge >= 0.3 is 0 Å². The topological polar surface area (TPSA) is 68.0 Å². The molecule has 0 spiro atoms. The molecule has 0 aliphatic carbocycles. The predicted molar refractivity (Wildman–Crippen MR) is 69.8 cm³/mol. The number of carbonyl (C=O) groups excluding carboxylic acids is 1. The van der Waals surface area contributed by atoms with Crippen molar-refractivity contribution < 1.29 is 9.32 Å². The minimum absolute atomic E-state index is 0.125. The van der Waals surface area contributed by atoms with Gasteiger partial charge in [0.25, 0.3) is 0 Å². The summed E-state index contributed by atoms with van der Waals surface area (Å²) in [6, 6.07) is 1.75. The highest BCUT2D eigenvalue weighted by Crippen LogP contribution is 2.22. The van der Waals surface area contributed by atoms with Gasteiger partial charge in [0.1, 0.15) is 5.76 Å². The number of thiazole rings is 1. The van der Waals surface area contributed by atoms with Crippen LogP contribution in [0.5, 0.6) is 0 Å². The van der Waals surface area contributed by atoms with E-state index in [1.54, 1.807) is 13.0 Å². The summed E-state index contributed by atoms with van der Waals surface area (Å²) >= 11 is 1.50. The average Bonchev–Trinajstić information content (AvgIpc) is 2.85. The zero-order valence-corrected chi connectivity index (χ0v) is 11.4. The second-order valence-corrected chi connectivity index (χ2v) is 5.23. The van der Waals surface area contributed by atoms with E-state index in [0.717, 1.165) is 17.0 Å². The molecule has 2 aromatic heterocycles. The third-order valence-corrected chi connectivity index (χ3v) is 3.42. The fourth-order valence-electron chi connectivity index (χ4n) is 1.64. The smallest absolute Gasteiger partial charge is 0.232 e. The molecule has 96 valence electrons. The second kappa shape index (κ2) is 5.30. The molecule has 1 amide bonds. The minimum atomic E-state index is -0.125. The number of nitrogens with zero attached hydrogens (tertiary/aromatic N) is 2. The molecule has 1 N–H and O–H groups in total. The molecule has 5 nitrogen and oxygen atoms in total. The van der Waals surface area contributed by atoms with Gasteiger partial charge in [0.2, 0.25) is 5.91 Å². The lowest BCUT2D eigenvalue weighted by Crippen LogP contribution is -2.14. The van der Waals surface area contributed by atoms with Crippen LogP contribution in [-0.2, 0) is 17.6 Å². The van der Waals surface area contributed by atoms with Crippen LogP contribution >= 0.6 is 11.3 Å². The molecule has 0 fully saturated rings. The van der Waals surface area contributed by atoms with Crippen LogP contribution in [0.15, 0.2) is 10.6 Å². The Labute approximate surface area is 109 Å². The number of aromatic nitrogens is 2. The van der Waals surface area contributed by atoms with E-state index in [4.69, 9.17) is 4.52 Å². The zero-order chi connectivity index (χ0) is 13.1. The van der Waals surface area contributed by atoms with Crippen LogP contribution in [0, 0.1) is 13.8 Å². The van der Waals surface area contributed by atoms with Gasteiger partial charge in [0, 0.05) is 10.9 Å². The van der Waals surface area contributed by atoms with Crippen LogP contribution < -0.4 is 5.32 Å². The maximum absolute atomic E-state index is 11.8. The van der Waals surface area contributed by atoms with Gasteiger partial charge in [-0.15, -0.1) is 11.3 Å². The first kappa shape index (κ1) is 12.8. The summed E-state index contributed by atoms with van der Waals surface area (Å²) in [6.45, 7) is 5.85. The van der Waals surface area contributed by atoms with Crippen molar-refractivity contribution in [1.29, 1.82) is 0 Å². The molecule has 0 saturated heterocycles. The molecule has 2 heterocycles. The van der Waals surface area contributed by atoms with Crippen molar-refractivity contribution in [2.24, 2.45) is 0 Å². The minimum Gasteiger partial charge on any atom is -0.361 e. The number of hydrogen-bond donors (Lipinski definition) is 1. The Bertz CT molecular complexity index is 559. The Morgan fingerprint density at radius 3 is 2.83 bits per heavy atom. The van der Waals surface area contributed by atoms with E-state index < -0.39 is 0 Å². The van der Waals surface area contributed by atoms with Gasteiger partial charge in [-0.1, -0.05) is 12.1 Å². The lowest BCUT2D eigenvalue weighted by Gasteiger charge is -1.98. The van der Waals surface area contributed by atoms with E-state index >= 15 is 0 Å². The number of amides is 1. The van der Waals surface area contributed by atoms with Gasteiger partial charge in [-0.2, -0.15) is 0 Å². The number of nitrogens with one attached hydrogen (secondary N) is 1. The molecule has 2 aromatic rings. The summed E-state index contributed by atoms with van der Waals surface area (Å²) < 4.78 is 4.91. The largest absolute Gasteiger partial charge is 0.361 e. The standard InChI is InChI=1S/C12H15N3O2S/c1-4-10-8(3)18-12(13-10)14-11(16)6-9-5-7(2)17-15-9/h5H,4,6H2,1-3H3,(H,13,14,16). The molecule has 0 aromatic carbocycles. The van der Waals surface area contributed by atoms with E-state index in [2.05, 4.69) is 15.5 Å². The van der Waals surface area contributed by atoms with Crippen LogP contribution in [0.1, 0.15) is 28.9 Å². The van der Waals surface area contributed by atoms with Gasteiger partial charge in [-0.25, -0.2) is 4.98 Å². The Balaban J connectivity index is 1.98. The van der Waals surface area contributed by atoms with Crippen LogP contribution in [0.4, 0.5) is 5.13 Å². The summed E-state index contributed by atoms with van der Waals surface area (Å²) in [5, 5.41) is 7.21. The van der Waals surface area contributed by atoms with Crippen LogP contribution in [0.25, 0.3) is 0 Å². The summed E-state index contributed by atoms with van der Waals surface area (Å²) in [4.78, 5) is 17.3. The molecule has 0 saturated carbocycles. The predicted octanol–water partition coefficient (Wildman–Crippen LogP) is 2.49. The highest BCUT2D eigenvalue weighted by atomic mass is 32.1. The lowest BCUT2D eigenvalue weighted by atomic mass is 10.3. The fourth-order valence-corrected chi connectivity index (χ4v) is 2.56. The average molecular weight is 265 g/mol. The first-order valence-corrected chi connectivity index (χ1v) is 6.58. The van der Waals surface area contributed by atoms with Crippen molar-refractivity contribution in [3.63, 3.8) is 0 Å². The molecule has 0 unspecified atom stereocenters. The number of anilines is 1. The van der Waals surface area contributed by atoms with Crippen molar-refractivity contribution in [2.45, 2.75) is 33.6 Å². The summed E-state index contributed by atoms with van der Waals surface area (Å²) in [5.74, 6) is 0.580. The van der Waals surface area contributed by atoms with Crippen molar-refractivity contribution in [3.05, 3.63) is 28.1 Å². The molecule has 0 bridgehead atoms. The third-order valence-electron chi connectivity index (χ3n) is 2.49. The monoisotopic (exact) mass is 265 g/mol. The SMILES string of the molecule is CCc1nc(NC(=O)Cc2cc(C)on2)sc1C. The van der Waals surface area contributed by atoms with Gasteiger partial charge in [-0.05, 0) is 20.3 Å². The normalized spacial score (nSPS) is 10.6. The molecule has 6 heteroatoms. The van der Waals surface area contributed by atoms with Crippen LogP contribution in [-0.4, -0.2) is 16.0 Å². The van der Waals surface area contributed by atoms with Crippen LogP contribution in [0.3, 0.4) is 0 Å². The van der Waals surface area contributed by atoms with Gasteiger partial charge in [-0.3, -0.25) is 4.79 Å². The Morgan fingerprint density at radius 2 is 2.28 bits per heavy atom. The van der Waals surface area contributed by atoms with E-state index in [-0.39, 0.29) is 12.3 Å². The van der Waals surface area contributed by atoms with E-state index in [1.165, 1.54) is 11.3 Å². The maximum Gasteiger partial charge on any atom is 0.232 e. The molecular weight excluding hydrogens is 250 g/mol. The molecule has 0 atom stereocenters. The molecular formula is C12H15N3O2S. The number of rotatable bonds is 4. The quantitative estimate of drug-likeness (QED) is 0.922. The molecule has 0 aliphatic rings. The Morgan fingerprint density at radius 1 is 1.50 bits per heavy atom. The van der Waals surface area contributed by atoms with Crippen molar-refractivity contribution in [1.82, 2.24) is 10.1 Å². The van der Waals surface area contributed by atoms with E-state index in [1.807, 2.05) is 13.8 Å². The zero-order valence-electron chi connectivity index (χ0n) is 10.6. The number of hydrogen-bond acceptors (Lipinski definition) is 5. The van der Waals surface area contributed by atoms with E-state index in [9.17, 15) is 4.79 Å². The molecule has 0 radical (unpaired) electrons. The van der Waals surface area contributed by atoms with Gasteiger partial charge < -0.3 is 9.84 Å². The first-order chi connectivity index (χ1) is 8.58. The molecule has 0 aliphatic heterocycles. The van der Waals surface area contributed by atoms with Crippen molar-refractivity contribution in [2.75, 3.05) is 5.32 Å². The number of aryl methyl sites for hydroxylation is 3. The lowest BCUT2D eigenvalue weighted by molar-refractivity contribution is -0.115. The van der Waals surface area contributed by atoms with Gasteiger partial charge in [0.15, 0.2) is 5.13 Å². The van der Waals surface area contributed by atoms with Gasteiger partial charge in [0.05, 0.1) is 17.8 Å². The van der Waals surface area contributed by atoms with Crippen LogP contribution in [0.2, 0.25) is 0 Å². The summed E-state index contributed by atoms with van der Waals surface area (Å²) in [7, 11) is 0. The summed E-state index contributed by atoms with van der Waals surface area (Å²) in [5.41, 5.74) is 1.67. The highest BCUT2D eigenvalue weighted by molar-refractivity contribution is 7.15. The first-order valence-electron chi connectivity index (χ1n) is 5.77. The Hall–Kier alpha value is -1.69. The number of carbonyl (C=O) groups is 1. The van der Waals surface area contributed by atoms with E-state index in [0.29, 0.717) is 16.6 Å². The third kappa shape index (κ3) is 2.95. The second-order valence-electron chi connectivity index (χ2n) is 4.03. The fraction of sp³-hybridized carbons (Fsp3) is 0.417. The molecule has 2 rings (SSSR count). The molecule has 18 heavy (non-hydrogen) atoms. The summed E-state index contributed by atoms with van der Waals surface area (Å²) in [6.07, 6.45) is 1.08. The highest BCUT2D eigenvalue weighted by Gasteiger charge is 2.11. The Kier molecular flexibility index (Phi) is 3.76. The van der Waals surface area contributed by atoms with Crippen molar-refractivity contribution >= 4 is 22.4 Å².